The number of likely N-dealkylation sites (tertiary alicyclic amines) is 1. The number of hydrogen-bond donors (Lipinski definition) is 1. The zero-order valence-electron chi connectivity index (χ0n) is 19.1. The Morgan fingerprint density at radius 2 is 1.87 bits per heavy atom. The predicted octanol–water partition coefficient (Wildman–Crippen LogP) is 2.71. The van der Waals surface area contributed by atoms with Crippen molar-refractivity contribution in [1.29, 1.82) is 0 Å². The van der Waals surface area contributed by atoms with E-state index in [9.17, 15) is 14.4 Å². The first kappa shape index (κ1) is 24.4. The van der Waals surface area contributed by atoms with Gasteiger partial charge < -0.3 is 19.9 Å². The van der Waals surface area contributed by atoms with E-state index in [4.69, 9.17) is 4.74 Å². The van der Waals surface area contributed by atoms with Gasteiger partial charge in [-0.25, -0.2) is 0 Å². The summed E-state index contributed by atoms with van der Waals surface area (Å²) in [6.07, 6.45) is 6.51. The summed E-state index contributed by atoms with van der Waals surface area (Å²) in [6, 6.07) is 6.72. The molecule has 0 aromatic heterocycles. The molecule has 1 aliphatic rings. The summed E-state index contributed by atoms with van der Waals surface area (Å²) in [7, 11) is 3.45. The third kappa shape index (κ3) is 7.42. The monoisotopic (exact) mass is 429 g/mol. The average molecular weight is 430 g/mol. The van der Waals surface area contributed by atoms with Crippen LogP contribution in [0.2, 0.25) is 0 Å². The van der Waals surface area contributed by atoms with Crippen molar-refractivity contribution in [3.63, 3.8) is 0 Å². The first-order valence-corrected chi connectivity index (χ1v) is 11.0. The molecule has 1 aliphatic heterocycles. The fourth-order valence-corrected chi connectivity index (χ4v) is 3.65. The molecule has 7 heteroatoms. The van der Waals surface area contributed by atoms with Crippen LogP contribution in [0.5, 0.6) is 5.75 Å². The highest BCUT2D eigenvalue weighted by atomic mass is 16.5. The van der Waals surface area contributed by atoms with E-state index < -0.39 is 6.04 Å². The van der Waals surface area contributed by atoms with Gasteiger partial charge in [0.25, 0.3) is 0 Å². The van der Waals surface area contributed by atoms with Gasteiger partial charge in [-0.1, -0.05) is 25.5 Å². The Morgan fingerprint density at radius 1 is 1.23 bits per heavy atom. The van der Waals surface area contributed by atoms with Gasteiger partial charge in [-0.05, 0) is 50.0 Å². The minimum atomic E-state index is -0.618. The van der Waals surface area contributed by atoms with Crippen LogP contribution in [0.4, 0.5) is 0 Å². The van der Waals surface area contributed by atoms with E-state index in [1.54, 1.807) is 25.0 Å². The normalized spacial score (nSPS) is 15.5. The third-order valence-corrected chi connectivity index (χ3v) is 5.65. The fraction of sp³-hybridized carbons (Fsp3) is 0.542. The van der Waals surface area contributed by atoms with Crippen LogP contribution >= 0.6 is 0 Å². The fourth-order valence-electron chi connectivity index (χ4n) is 3.65. The van der Waals surface area contributed by atoms with E-state index >= 15 is 0 Å². The quantitative estimate of drug-likeness (QED) is 0.612. The molecule has 3 amide bonds. The zero-order chi connectivity index (χ0) is 22.8. The first-order chi connectivity index (χ1) is 14.8. The van der Waals surface area contributed by atoms with Gasteiger partial charge in [0.1, 0.15) is 11.8 Å². The molecule has 0 bridgehead atoms. The van der Waals surface area contributed by atoms with E-state index in [0.717, 1.165) is 30.7 Å². The van der Waals surface area contributed by atoms with Crippen LogP contribution in [0.1, 0.15) is 45.1 Å². The molecule has 0 spiro atoms. The maximum absolute atomic E-state index is 12.7. The number of nitrogens with zero attached hydrogens (tertiary/aromatic N) is 2. The molecule has 1 fully saturated rings. The molecule has 1 atom stereocenters. The molecule has 1 N–H and O–H groups in total. The zero-order valence-corrected chi connectivity index (χ0v) is 19.1. The third-order valence-electron chi connectivity index (χ3n) is 5.65. The summed E-state index contributed by atoms with van der Waals surface area (Å²) in [6.45, 7) is 5.66. The number of unbranched alkanes of at least 4 members (excludes halogenated alkanes) is 1. The topological polar surface area (TPSA) is 79.0 Å². The van der Waals surface area contributed by atoms with Crippen LogP contribution in [0.15, 0.2) is 30.3 Å². The second kappa shape index (κ2) is 12.1. The number of hydrogen-bond acceptors (Lipinski definition) is 4. The highest BCUT2D eigenvalue weighted by Gasteiger charge is 2.30. The number of benzene rings is 1. The Balaban J connectivity index is 1.79. The molecule has 0 radical (unpaired) electrons. The van der Waals surface area contributed by atoms with E-state index in [0.29, 0.717) is 25.9 Å². The van der Waals surface area contributed by atoms with Crippen molar-refractivity contribution in [2.45, 2.75) is 45.6 Å². The van der Waals surface area contributed by atoms with Crippen molar-refractivity contribution in [3.8, 4) is 5.75 Å². The van der Waals surface area contributed by atoms with Gasteiger partial charge >= 0.3 is 0 Å². The maximum Gasteiger partial charge on any atom is 0.244 e. The highest BCUT2D eigenvalue weighted by Crippen LogP contribution is 2.20. The lowest BCUT2D eigenvalue weighted by atomic mass is 9.95. The van der Waals surface area contributed by atoms with Crippen LogP contribution in [0.3, 0.4) is 0 Å². The van der Waals surface area contributed by atoms with Gasteiger partial charge in [-0.2, -0.15) is 0 Å². The predicted molar refractivity (Wildman–Crippen MR) is 121 cm³/mol. The molecule has 0 saturated carbocycles. The van der Waals surface area contributed by atoms with Gasteiger partial charge in [0.05, 0.1) is 7.11 Å². The minimum Gasteiger partial charge on any atom is -0.497 e. The Kier molecular flexibility index (Phi) is 9.56. The molecule has 170 valence electrons. The van der Waals surface area contributed by atoms with Crippen LogP contribution < -0.4 is 10.1 Å². The maximum atomic E-state index is 12.7. The molecule has 1 saturated heterocycles. The number of carbonyl (C=O) groups is 3. The Labute approximate surface area is 185 Å². The number of piperidine rings is 1. The molecule has 2 rings (SSSR count). The molecule has 1 aromatic rings. The van der Waals surface area contributed by atoms with E-state index in [1.807, 2.05) is 36.2 Å². The van der Waals surface area contributed by atoms with Crippen LogP contribution in [0, 0.1) is 5.92 Å². The molecule has 1 heterocycles. The number of methoxy groups -OCH3 is 1. The molecule has 1 unspecified atom stereocenters. The molecular formula is C24H35N3O4. The lowest BCUT2D eigenvalue weighted by molar-refractivity contribution is -0.141. The Morgan fingerprint density at radius 3 is 2.45 bits per heavy atom. The molecule has 31 heavy (non-hydrogen) atoms. The van der Waals surface area contributed by atoms with Gasteiger partial charge in [0, 0.05) is 38.7 Å². The molecule has 0 aliphatic carbocycles. The average Bonchev–Trinajstić information content (AvgIpc) is 2.80. The van der Waals surface area contributed by atoms with E-state index in [1.165, 1.54) is 6.08 Å². The van der Waals surface area contributed by atoms with E-state index in [2.05, 4.69) is 12.2 Å². The highest BCUT2D eigenvalue weighted by molar-refractivity contribution is 5.95. The van der Waals surface area contributed by atoms with Crippen molar-refractivity contribution in [3.05, 3.63) is 35.9 Å². The number of carbonyl (C=O) groups excluding carboxylic acids is 3. The standard InChI is InChI=1S/C24H35N3O4/c1-5-6-15-26(3)24(30)20-13-16-27(17-14-20)23(29)18(2)25-22(28)12-9-19-7-10-21(31-4)11-8-19/h7-12,18,20H,5-6,13-17H2,1-4H3,(H,25,28). The summed E-state index contributed by atoms with van der Waals surface area (Å²) in [5.74, 6) is 0.461. The minimum absolute atomic E-state index is 0.0248. The summed E-state index contributed by atoms with van der Waals surface area (Å²) in [5, 5.41) is 2.73. The number of ether oxygens (including phenoxy) is 1. The van der Waals surface area contributed by atoms with Crippen molar-refractivity contribution in [1.82, 2.24) is 15.1 Å². The van der Waals surface area contributed by atoms with E-state index in [-0.39, 0.29) is 23.6 Å². The van der Waals surface area contributed by atoms with Gasteiger partial charge in [-0.3, -0.25) is 14.4 Å². The largest absolute Gasteiger partial charge is 0.497 e. The SMILES string of the molecule is CCCCN(C)C(=O)C1CCN(C(=O)C(C)NC(=O)C=Cc2ccc(OC)cc2)CC1. The van der Waals surface area contributed by atoms with Crippen LogP contribution in [0.25, 0.3) is 6.08 Å². The summed E-state index contributed by atoms with van der Waals surface area (Å²) in [5.41, 5.74) is 0.866. The smallest absolute Gasteiger partial charge is 0.244 e. The number of nitrogens with one attached hydrogen (secondary N) is 1. The van der Waals surface area contributed by atoms with Crippen molar-refractivity contribution in [2.75, 3.05) is 33.8 Å². The number of amides is 3. The van der Waals surface area contributed by atoms with Crippen molar-refractivity contribution in [2.24, 2.45) is 5.92 Å². The number of rotatable bonds is 9. The molecule has 1 aromatic carbocycles. The van der Waals surface area contributed by atoms with Gasteiger partial charge in [0.2, 0.25) is 17.7 Å². The first-order valence-electron chi connectivity index (χ1n) is 11.0. The summed E-state index contributed by atoms with van der Waals surface area (Å²) >= 11 is 0. The second-order valence-corrected chi connectivity index (χ2v) is 8.05. The van der Waals surface area contributed by atoms with Gasteiger partial charge in [0.15, 0.2) is 0 Å². The Bertz CT molecular complexity index is 768. The summed E-state index contributed by atoms with van der Waals surface area (Å²) < 4.78 is 5.11. The molecule has 7 nitrogen and oxygen atoms in total. The van der Waals surface area contributed by atoms with Crippen LogP contribution in [-0.2, 0) is 14.4 Å². The Hall–Kier alpha value is -2.83. The molecular weight excluding hydrogens is 394 g/mol. The van der Waals surface area contributed by atoms with Gasteiger partial charge in [-0.15, -0.1) is 0 Å². The second-order valence-electron chi connectivity index (χ2n) is 8.05. The lowest BCUT2D eigenvalue weighted by Gasteiger charge is -2.34. The van der Waals surface area contributed by atoms with Crippen molar-refractivity contribution >= 4 is 23.8 Å². The van der Waals surface area contributed by atoms with Crippen LogP contribution in [-0.4, -0.2) is 67.4 Å². The summed E-state index contributed by atoms with van der Waals surface area (Å²) in [4.78, 5) is 41.0. The van der Waals surface area contributed by atoms with Crippen molar-refractivity contribution < 1.29 is 19.1 Å². The lowest BCUT2D eigenvalue weighted by Crippen LogP contribution is -2.50.